The Labute approximate surface area is 179 Å². The maximum absolute atomic E-state index is 12.4. The van der Waals surface area contributed by atoms with Crippen LogP contribution >= 0.6 is 0 Å². The van der Waals surface area contributed by atoms with Crippen molar-refractivity contribution >= 4 is 28.5 Å². The van der Waals surface area contributed by atoms with Crippen LogP contribution in [0.5, 0.6) is 5.75 Å². The molecular formula is C24H22N4O3. The van der Waals surface area contributed by atoms with Crippen LogP contribution < -0.4 is 15.4 Å². The highest BCUT2D eigenvalue weighted by Crippen LogP contribution is 2.20. The number of hydrogen-bond acceptors (Lipinski definition) is 4. The molecule has 0 spiro atoms. The van der Waals surface area contributed by atoms with Crippen molar-refractivity contribution in [3.05, 3.63) is 84.7 Å². The molecule has 0 saturated carbocycles. The second-order valence-electron chi connectivity index (χ2n) is 6.81. The van der Waals surface area contributed by atoms with Gasteiger partial charge in [-0.25, -0.2) is 4.98 Å². The number of nitrogens with one attached hydrogen (secondary N) is 2. The van der Waals surface area contributed by atoms with Crippen molar-refractivity contribution in [2.45, 2.75) is 6.92 Å². The number of rotatable bonds is 7. The summed E-state index contributed by atoms with van der Waals surface area (Å²) < 4.78 is 7.44. The number of anilines is 1. The van der Waals surface area contributed by atoms with E-state index in [1.54, 1.807) is 30.6 Å². The van der Waals surface area contributed by atoms with Crippen LogP contribution in [0.15, 0.2) is 79.1 Å². The van der Waals surface area contributed by atoms with E-state index >= 15 is 0 Å². The fraction of sp³-hybridized carbons (Fsp3) is 0.125. The molecule has 7 nitrogen and oxygen atoms in total. The molecule has 1 heterocycles. The lowest BCUT2D eigenvalue weighted by Crippen LogP contribution is -2.33. The van der Waals surface area contributed by atoms with Crippen molar-refractivity contribution in [3.63, 3.8) is 0 Å². The molecule has 3 aromatic carbocycles. The summed E-state index contributed by atoms with van der Waals surface area (Å²) in [5.41, 5.74) is 3.90. The van der Waals surface area contributed by atoms with Crippen LogP contribution in [0.1, 0.15) is 17.3 Å². The van der Waals surface area contributed by atoms with Crippen LogP contribution in [0.2, 0.25) is 0 Å². The molecule has 0 aliphatic heterocycles. The van der Waals surface area contributed by atoms with Gasteiger partial charge in [0.25, 0.3) is 5.91 Å². The van der Waals surface area contributed by atoms with E-state index in [2.05, 4.69) is 15.6 Å². The van der Waals surface area contributed by atoms with Crippen molar-refractivity contribution in [1.82, 2.24) is 14.9 Å². The number of aromatic nitrogens is 2. The van der Waals surface area contributed by atoms with Crippen LogP contribution in [-0.2, 0) is 4.79 Å². The van der Waals surface area contributed by atoms with Gasteiger partial charge in [-0.3, -0.25) is 14.2 Å². The summed E-state index contributed by atoms with van der Waals surface area (Å²) in [4.78, 5) is 29.1. The molecule has 156 valence electrons. The number of ether oxygens (including phenoxy) is 1. The molecule has 0 aliphatic rings. The number of fused-ring (bicyclic) bond motifs is 1. The summed E-state index contributed by atoms with van der Waals surface area (Å²) in [6.45, 7) is 2.16. The zero-order chi connectivity index (χ0) is 21.6. The number of nitrogens with zero attached hydrogens (tertiary/aromatic N) is 2. The van der Waals surface area contributed by atoms with Gasteiger partial charge in [0.2, 0.25) is 5.91 Å². The van der Waals surface area contributed by atoms with Gasteiger partial charge in [-0.05, 0) is 55.5 Å². The number of hydrogen-bond donors (Lipinski definition) is 2. The predicted molar refractivity (Wildman–Crippen MR) is 120 cm³/mol. The molecule has 0 atom stereocenters. The molecule has 0 aliphatic carbocycles. The molecule has 0 radical (unpaired) electrons. The van der Waals surface area contributed by atoms with Gasteiger partial charge in [-0.15, -0.1) is 0 Å². The first kappa shape index (κ1) is 20.2. The average Bonchev–Trinajstić information content (AvgIpc) is 3.23. The first-order chi connectivity index (χ1) is 15.2. The molecule has 7 heteroatoms. The molecule has 0 fully saturated rings. The van der Waals surface area contributed by atoms with Crippen LogP contribution in [0.3, 0.4) is 0 Å². The second-order valence-corrected chi connectivity index (χ2v) is 6.81. The summed E-state index contributed by atoms with van der Waals surface area (Å²) in [5, 5.41) is 5.42. The maximum Gasteiger partial charge on any atom is 0.255 e. The first-order valence-electron chi connectivity index (χ1n) is 9.98. The number of carbonyl (C=O) groups is 2. The fourth-order valence-corrected chi connectivity index (χ4v) is 3.27. The quantitative estimate of drug-likeness (QED) is 0.482. The molecule has 31 heavy (non-hydrogen) atoms. The van der Waals surface area contributed by atoms with Crippen molar-refractivity contribution in [3.8, 4) is 11.4 Å². The monoisotopic (exact) mass is 414 g/mol. The van der Waals surface area contributed by atoms with Crippen molar-refractivity contribution < 1.29 is 14.3 Å². The van der Waals surface area contributed by atoms with Gasteiger partial charge in [-0.1, -0.05) is 24.3 Å². The lowest BCUT2D eigenvalue weighted by molar-refractivity contribution is -0.115. The highest BCUT2D eigenvalue weighted by molar-refractivity contribution is 6.00. The van der Waals surface area contributed by atoms with Crippen LogP contribution in [-0.4, -0.2) is 34.5 Å². The summed E-state index contributed by atoms with van der Waals surface area (Å²) in [7, 11) is 0. The number of imidazole rings is 1. The van der Waals surface area contributed by atoms with E-state index in [4.69, 9.17) is 4.74 Å². The average molecular weight is 414 g/mol. The van der Waals surface area contributed by atoms with Gasteiger partial charge in [0, 0.05) is 11.4 Å². The van der Waals surface area contributed by atoms with Crippen molar-refractivity contribution in [2.24, 2.45) is 0 Å². The highest BCUT2D eigenvalue weighted by Gasteiger charge is 2.13. The SMILES string of the molecule is CCOc1ccccc1C(=O)NCC(=O)Nc1ccc(-n2cnc3ccccc32)cc1. The molecule has 0 bridgehead atoms. The zero-order valence-corrected chi connectivity index (χ0v) is 17.0. The van der Waals surface area contributed by atoms with Gasteiger partial charge in [0.1, 0.15) is 12.1 Å². The van der Waals surface area contributed by atoms with Gasteiger partial charge >= 0.3 is 0 Å². The topological polar surface area (TPSA) is 85.2 Å². The number of para-hydroxylation sites is 3. The van der Waals surface area contributed by atoms with E-state index in [0.717, 1.165) is 16.7 Å². The van der Waals surface area contributed by atoms with Gasteiger partial charge < -0.3 is 15.4 Å². The van der Waals surface area contributed by atoms with Gasteiger partial charge in [0.15, 0.2) is 0 Å². The minimum atomic E-state index is -0.360. The normalized spacial score (nSPS) is 10.6. The Balaban J connectivity index is 1.36. The Hall–Kier alpha value is -4.13. The number of benzene rings is 3. The van der Waals surface area contributed by atoms with Crippen molar-refractivity contribution in [2.75, 3.05) is 18.5 Å². The molecule has 4 aromatic rings. The summed E-state index contributed by atoms with van der Waals surface area (Å²) in [6, 6.07) is 22.3. The van der Waals surface area contributed by atoms with E-state index in [0.29, 0.717) is 23.6 Å². The molecule has 2 amide bonds. The van der Waals surface area contributed by atoms with E-state index < -0.39 is 0 Å². The molecule has 0 unspecified atom stereocenters. The lowest BCUT2D eigenvalue weighted by Gasteiger charge is -2.11. The van der Waals surface area contributed by atoms with Crippen LogP contribution in [0.4, 0.5) is 5.69 Å². The Morgan fingerprint density at radius 1 is 0.968 bits per heavy atom. The number of amides is 2. The molecule has 1 aromatic heterocycles. The minimum Gasteiger partial charge on any atom is -0.493 e. The largest absolute Gasteiger partial charge is 0.493 e. The van der Waals surface area contributed by atoms with E-state index in [-0.39, 0.29) is 18.4 Å². The van der Waals surface area contributed by atoms with E-state index in [1.807, 2.05) is 60.0 Å². The lowest BCUT2D eigenvalue weighted by atomic mass is 10.2. The zero-order valence-electron chi connectivity index (χ0n) is 17.0. The third kappa shape index (κ3) is 4.56. The predicted octanol–water partition coefficient (Wildman–Crippen LogP) is 3.79. The van der Waals surface area contributed by atoms with Gasteiger partial charge in [-0.2, -0.15) is 0 Å². The fourth-order valence-electron chi connectivity index (χ4n) is 3.27. The highest BCUT2D eigenvalue weighted by atomic mass is 16.5. The smallest absolute Gasteiger partial charge is 0.255 e. The Morgan fingerprint density at radius 3 is 2.52 bits per heavy atom. The summed E-state index contributed by atoms with van der Waals surface area (Å²) >= 11 is 0. The standard InChI is InChI=1S/C24H22N4O3/c1-2-31-22-10-6-3-7-19(22)24(30)25-15-23(29)27-17-11-13-18(14-12-17)28-16-26-20-8-4-5-9-21(20)28/h3-14,16H,2,15H2,1H3,(H,25,30)(H,27,29). The van der Waals surface area contributed by atoms with E-state index in [9.17, 15) is 9.59 Å². The third-order valence-electron chi connectivity index (χ3n) is 4.72. The minimum absolute atomic E-state index is 0.146. The Bertz CT molecular complexity index is 1210. The van der Waals surface area contributed by atoms with E-state index in [1.165, 1.54) is 0 Å². The maximum atomic E-state index is 12.4. The second kappa shape index (κ2) is 9.13. The Morgan fingerprint density at radius 2 is 1.71 bits per heavy atom. The first-order valence-corrected chi connectivity index (χ1v) is 9.98. The van der Waals surface area contributed by atoms with Crippen LogP contribution in [0, 0.1) is 0 Å². The number of carbonyl (C=O) groups excluding carboxylic acids is 2. The third-order valence-corrected chi connectivity index (χ3v) is 4.72. The molecule has 0 saturated heterocycles. The Kier molecular flexibility index (Phi) is 5.93. The summed E-state index contributed by atoms with van der Waals surface area (Å²) in [5.74, 6) is -0.185. The molecule has 2 N–H and O–H groups in total. The molecular weight excluding hydrogens is 392 g/mol. The van der Waals surface area contributed by atoms with Gasteiger partial charge in [0.05, 0.1) is 29.7 Å². The summed E-state index contributed by atoms with van der Waals surface area (Å²) in [6.07, 6.45) is 1.77. The molecule has 4 rings (SSSR count). The van der Waals surface area contributed by atoms with Crippen LogP contribution in [0.25, 0.3) is 16.7 Å². The van der Waals surface area contributed by atoms with Crippen molar-refractivity contribution in [1.29, 1.82) is 0 Å².